The van der Waals surface area contributed by atoms with E-state index in [0.717, 1.165) is 18.4 Å². The summed E-state index contributed by atoms with van der Waals surface area (Å²) in [4.78, 5) is 12.4. The molecule has 9 heteroatoms. The third kappa shape index (κ3) is 4.75. The minimum atomic E-state index is -3.50. The van der Waals surface area contributed by atoms with Crippen LogP contribution in [-0.4, -0.2) is 52.2 Å². The second-order valence-corrected chi connectivity index (χ2v) is 8.39. The normalized spacial score (nSPS) is 14.8. The van der Waals surface area contributed by atoms with Gasteiger partial charge in [-0.1, -0.05) is 0 Å². The highest BCUT2D eigenvalue weighted by Gasteiger charge is 2.27. The molecule has 154 valence electrons. The standard InChI is InChI=1S/C20H23N3O5S/c1-27-18-10-5-15(13-19(18)28-2)14-21-22-20(24)16-6-8-17(9-7-16)29(25,26)23-11-3-4-12-23/h5-10,13-14H,3-4,11-12H2,1-2H3,(H,22,24)/b21-14-. The molecule has 1 N–H and O–H groups in total. The lowest BCUT2D eigenvalue weighted by Crippen LogP contribution is -2.28. The molecule has 0 aliphatic carbocycles. The Morgan fingerprint density at radius 3 is 2.31 bits per heavy atom. The Bertz CT molecular complexity index is 997. The van der Waals surface area contributed by atoms with Gasteiger partial charge in [0.2, 0.25) is 10.0 Å². The van der Waals surface area contributed by atoms with Crippen LogP contribution >= 0.6 is 0 Å². The number of ether oxygens (including phenoxy) is 2. The fourth-order valence-corrected chi connectivity index (χ4v) is 4.54. The average Bonchev–Trinajstić information content (AvgIpc) is 3.29. The quantitative estimate of drug-likeness (QED) is 0.551. The van der Waals surface area contributed by atoms with Crippen LogP contribution in [0, 0.1) is 0 Å². The van der Waals surface area contributed by atoms with Crippen molar-refractivity contribution in [1.29, 1.82) is 0 Å². The van der Waals surface area contributed by atoms with Gasteiger partial charge < -0.3 is 9.47 Å². The Morgan fingerprint density at radius 2 is 1.69 bits per heavy atom. The van der Waals surface area contributed by atoms with E-state index >= 15 is 0 Å². The topological polar surface area (TPSA) is 97.3 Å². The number of nitrogens with one attached hydrogen (secondary N) is 1. The number of hydrazone groups is 1. The molecule has 1 aliphatic rings. The Balaban J connectivity index is 1.64. The summed E-state index contributed by atoms with van der Waals surface area (Å²) in [6, 6.07) is 11.1. The van der Waals surface area contributed by atoms with Crippen molar-refractivity contribution in [2.45, 2.75) is 17.7 Å². The van der Waals surface area contributed by atoms with Crippen LogP contribution < -0.4 is 14.9 Å². The van der Waals surface area contributed by atoms with Crippen LogP contribution in [0.15, 0.2) is 52.5 Å². The lowest BCUT2D eigenvalue weighted by Gasteiger charge is -2.15. The first-order valence-electron chi connectivity index (χ1n) is 9.11. The van der Waals surface area contributed by atoms with Gasteiger partial charge in [0.1, 0.15) is 0 Å². The molecule has 2 aromatic rings. The summed E-state index contributed by atoms with van der Waals surface area (Å²) >= 11 is 0. The third-order valence-electron chi connectivity index (χ3n) is 4.61. The van der Waals surface area contributed by atoms with E-state index in [4.69, 9.17) is 9.47 Å². The van der Waals surface area contributed by atoms with Crippen molar-refractivity contribution in [2.75, 3.05) is 27.3 Å². The minimum Gasteiger partial charge on any atom is -0.493 e. The monoisotopic (exact) mass is 417 g/mol. The predicted octanol–water partition coefficient (Wildman–Crippen LogP) is 2.25. The average molecular weight is 417 g/mol. The maximum atomic E-state index is 12.5. The number of sulfonamides is 1. The van der Waals surface area contributed by atoms with Gasteiger partial charge in [-0.15, -0.1) is 0 Å². The molecular formula is C20H23N3O5S. The van der Waals surface area contributed by atoms with E-state index in [9.17, 15) is 13.2 Å². The van der Waals surface area contributed by atoms with Crippen molar-refractivity contribution in [2.24, 2.45) is 5.10 Å². The largest absolute Gasteiger partial charge is 0.493 e. The number of hydrogen-bond donors (Lipinski definition) is 1. The zero-order chi connectivity index (χ0) is 20.9. The number of carbonyl (C=O) groups is 1. The van der Waals surface area contributed by atoms with Crippen LogP contribution in [0.5, 0.6) is 11.5 Å². The number of benzene rings is 2. The van der Waals surface area contributed by atoms with Crippen molar-refractivity contribution < 1.29 is 22.7 Å². The van der Waals surface area contributed by atoms with Gasteiger partial charge in [0.15, 0.2) is 11.5 Å². The SMILES string of the molecule is COc1ccc(/C=N\NC(=O)c2ccc(S(=O)(=O)N3CCCC3)cc2)cc1OC. The first kappa shape index (κ1) is 20.8. The summed E-state index contributed by atoms with van der Waals surface area (Å²) in [5, 5.41) is 3.94. The lowest BCUT2D eigenvalue weighted by molar-refractivity contribution is 0.0955. The molecule has 0 bridgehead atoms. The molecule has 0 radical (unpaired) electrons. The molecule has 0 saturated carbocycles. The van der Waals surface area contributed by atoms with Gasteiger partial charge in [-0.2, -0.15) is 9.41 Å². The van der Waals surface area contributed by atoms with Crippen LogP contribution in [0.25, 0.3) is 0 Å². The molecule has 1 saturated heterocycles. The van der Waals surface area contributed by atoms with Gasteiger partial charge in [-0.3, -0.25) is 4.79 Å². The highest BCUT2D eigenvalue weighted by molar-refractivity contribution is 7.89. The van der Waals surface area contributed by atoms with E-state index in [0.29, 0.717) is 30.2 Å². The second kappa shape index (κ2) is 9.06. The fraction of sp³-hybridized carbons (Fsp3) is 0.300. The molecule has 0 unspecified atom stereocenters. The number of amides is 1. The molecule has 0 atom stereocenters. The molecule has 29 heavy (non-hydrogen) atoms. The van der Waals surface area contributed by atoms with Gasteiger partial charge >= 0.3 is 0 Å². The van der Waals surface area contributed by atoms with Gasteiger partial charge in [-0.25, -0.2) is 13.8 Å². The van der Waals surface area contributed by atoms with Gasteiger partial charge in [0.05, 0.1) is 25.3 Å². The Hall–Kier alpha value is -2.91. The van der Waals surface area contributed by atoms with E-state index in [1.54, 1.807) is 25.3 Å². The van der Waals surface area contributed by atoms with E-state index in [2.05, 4.69) is 10.5 Å². The summed E-state index contributed by atoms with van der Waals surface area (Å²) in [7, 11) is -0.412. The van der Waals surface area contributed by atoms with Gasteiger partial charge in [0, 0.05) is 18.7 Å². The fourth-order valence-electron chi connectivity index (χ4n) is 3.02. The summed E-state index contributed by atoms with van der Waals surface area (Å²) in [5.74, 6) is 0.710. The number of hydrogen-bond acceptors (Lipinski definition) is 6. The number of rotatable bonds is 7. The van der Waals surface area contributed by atoms with Crippen molar-refractivity contribution in [3.63, 3.8) is 0 Å². The Kier molecular flexibility index (Phi) is 6.50. The molecule has 1 aliphatic heterocycles. The number of methoxy groups -OCH3 is 2. The Labute approximate surface area is 170 Å². The van der Waals surface area contributed by atoms with Crippen molar-refractivity contribution in [3.8, 4) is 11.5 Å². The maximum Gasteiger partial charge on any atom is 0.271 e. The molecule has 0 aromatic heterocycles. The van der Waals surface area contributed by atoms with Gasteiger partial charge in [-0.05, 0) is 60.9 Å². The van der Waals surface area contributed by atoms with Crippen LogP contribution in [0.2, 0.25) is 0 Å². The van der Waals surface area contributed by atoms with Crippen LogP contribution in [0.3, 0.4) is 0 Å². The molecule has 0 spiro atoms. The van der Waals surface area contributed by atoms with Crippen LogP contribution in [-0.2, 0) is 10.0 Å². The summed E-state index contributed by atoms with van der Waals surface area (Å²) in [5.41, 5.74) is 3.46. The highest BCUT2D eigenvalue weighted by atomic mass is 32.2. The predicted molar refractivity (Wildman–Crippen MR) is 109 cm³/mol. The van der Waals surface area contributed by atoms with E-state index in [1.807, 2.05) is 0 Å². The van der Waals surface area contributed by atoms with Crippen molar-refractivity contribution >= 4 is 22.1 Å². The van der Waals surface area contributed by atoms with Crippen molar-refractivity contribution in [3.05, 3.63) is 53.6 Å². The minimum absolute atomic E-state index is 0.185. The molecule has 2 aromatic carbocycles. The maximum absolute atomic E-state index is 12.5. The van der Waals surface area contributed by atoms with Crippen LogP contribution in [0.1, 0.15) is 28.8 Å². The zero-order valence-electron chi connectivity index (χ0n) is 16.3. The molecular weight excluding hydrogens is 394 g/mol. The third-order valence-corrected chi connectivity index (χ3v) is 6.52. The first-order valence-corrected chi connectivity index (χ1v) is 10.6. The van der Waals surface area contributed by atoms with Crippen LogP contribution in [0.4, 0.5) is 0 Å². The van der Waals surface area contributed by atoms with Gasteiger partial charge in [0.25, 0.3) is 5.91 Å². The Morgan fingerprint density at radius 1 is 1.03 bits per heavy atom. The molecule has 1 heterocycles. The lowest BCUT2D eigenvalue weighted by atomic mass is 10.2. The summed E-state index contributed by atoms with van der Waals surface area (Å²) < 4.78 is 36.9. The second-order valence-electron chi connectivity index (χ2n) is 6.45. The molecule has 1 amide bonds. The highest BCUT2D eigenvalue weighted by Crippen LogP contribution is 2.26. The van der Waals surface area contributed by atoms with Crippen molar-refractivity contribution in [1.82, 2.24) is 9.73 Å². The number of carbonyl (C=O) groups excluding carboxylic acids is 1. The van der Waals surface area contributed by atoms with E-state index in [1.165, 1.54) is 41.9 Å². The summed E-state index contributed by atoms with van der Waals surface area (Å²) in [6.45, 7) is 1.07. The molecule has 1 fully saturated rings. The zero-order valence-corrected chi connectivity index (χ0v) is 17.1. The van der Waals surface area contributed by atoms with E-state index in [-0.39, 0.29) is 4.90 Å². The number of nitrogens with zero attached hydrogens (tertiary/aromatic N) is 2. The summed E-state index contributed by atoms with van der Waals surface area (Å²) in [6.07, 6.45) is 3.22. The smallest absolute Gasteiger partial charge is 0.271 e. The first-order chi connectivity index (χ1) is 14.0. The van der Waals surface area contributed by atoms with E-state index < -0.39 is 15.9 Å². The molecule has 3 rings (SSSR count). The molecule has 8 nitrogen and oxygen atoms in total.